The third-order valence-corrected chi connectivity index (χ3v) is 4.23. The number of carbonyl (C=O) groups excluding carboxylic acids is 1. The molecule has 1 fully saturated rings. The van der Waals surface area contributed by atoms with E-state index in [1.807, 2.05) is 17.2 Å². The summed E-state index contributed by atoms with van der Waals surface area (Å²) in [7, 11) is 0. The molecule has 0 unspecified atom stereocenters. The van der Waals surface area contributed by atoms with E-state index < -0.39 is 0 Å². The van der Waals surface area contributed by atoms with Crippen LogP contribution in [0, 0.1) is 0 Å². The molecule has 0 saturated carbocycles. The van der Waals surface area contributed by atoms with Crippen LogP contribution in [-0.2, 0) is 11.2 Å². The summed E-state index contributed by atoms with van der Waals surface area (Å²) in [5.41, 5.74) is 1.21. The largest absolute Gasteiger partial charge is 0.357 e. The minimum absolute atomic E-state index is 0.302. The first kappa shape index (κ1) is 15.8. The molecule has 0 aliphatic carbocycles. The minimum atomic E-state index is 0.302. The van der Waals surface area contributed by atoms with Crippen molar-refractivity contribution in [1.29, 1.82) is 0 Å². The number of rotatable bonds is 6. The zero-order valence-electron chi connectivity index (χ0n) is 13.3. The van der Waals surface area contributed by atoms with Crippen LogP contribution in [0.3, 0.4) is 0 Å². The van der Waals surface area contributed by atoms with Crippen molar-refractivity contribution in [2.24, 2.45) is 0 Å². The van der Waals surface area contributed by atoms with Crippen molar-refractivity contribution >= 4 is 11.7 Å². The number of hydrogen-bond donors (Lipinski definition) is 0. The predicted octanol–water partition coefficient (Wildman–Crippen LogP) is 2.87. The second-order valence-corrected chi connectivity index (χ2v) is 5.64. The molecule has 1 aromatic heterocycles. The third kappa shape index (κ3) is 4.45. The monoisotopic (exact) mass is 289 g/mol. The van der Waals surface area contributed by atoms with Gasteiger partial charge in [0.05, 0.1) is 0 Å². The van der Waals surface area contributed by atoms with Gasteiger partial charge < -0.3 is 9.80 Å². The Kier molecular flexibility index (Phi) is 6.03. The quantitative estimate of drug-likeness (QED) is 0.808. The number of anilines is 1. The van der Waals surface area contributed by atoms with Crippen LogP contribution in [0.25, 0.3) is 0 Å². The molecule has 1 aliphatic heterocycles. The lowest BCUT2D eigenvalue weighted by Gasteiger charge is -2.26. The summed E-state index contributed by atoms with van der Waals surface area (Å²) in [6, 6.07) is 4.15. The van der Waals surface area contributed by atoms with Crippen molar-refractivity contribution in [3.05, 3.63) is 23.9 Å². The zero-order valence-corrected chi connectivity index (χ0v) is 13.3. The van der Waals surface area contributed by atoms with Gasteiger partial charge in [-0.15, -0.1) is 0 Å². The van der Waals surface area contributed by atoms with Crippen LogP contribution >= 0.6 is 0 Å². The minimum Gasteiger partial charge on any atom is -0.357 e. The van der Waals surface area contributed by atoms with Gasteiger partial charge in [0.2, 0.25) is 5.91 Å². The number of likely N-dealkylation sites (tertiary alicyclic amines) is 1. The van der Waals surface area contributed by atoms with Gasteiger partial charge in [0.15, 0.2) is 0 Å². The lowest BCUT2D eigenvalue weighted by Crippen LogP contribution is -2.35. The van der Waals surface area contributed by atoms with Gasteiger partial charge in [0.25, 0.3) is 0 Å². The van der Waals surface area contributed by atoms with E-state index in [9.17, 15) is 4.79 Å². The van der Waals surface area contributed by atoms with E-state index in [1.165, 1.54) is 12.0 Å². The fourth-order valence-corrected chi connectivity index (χ4v) is 2.89. The molecule has 1 saturated heterocycles. The summed E-state index contributed by atoms with van der Waals surface area (Å²) in [6.45, 7) is 8.08. The van der Waals surface area contributed by atoms with E-state index in [1.54, 1.807) is 0 Å². The van der Waals surface area contributed by atoms with Gasteiger partial charge in [0, 0.05) is 38.8 Å². The van der Waals surface area contributed by atoms with Crippen molar-refractivity contribution in [2.45, 2.75) is 46.0 Å². The predicted molar refractivity (Wildman–Crippen MR) is 86.6 cm³/mol. The van der Waals surface area contributed by atoms with E-state index in [4.69, 9.17) is 0 Å². The number of aromatic nitrogens is 1. The Morgan fingerprint density at radius 1 is 1.24 bits per heavy atom. The summed E-state index contributed by atoms with van der Waals surface area (Å²) >= 11 is 0. The number of carbonyl (C=O) groups is 1. The van der Waals surface area contributed by atoms with Crippen LogP contribution in [0.2, 0.25) is 0 Å². The number of pyridine rings is 1. The van der Waals surface area contributed by atoms with Crippen LogP contribution in [0.1, 0.15) is 45.1 Å². The van der Waals surface area contributed by atoms with Gasteiger partial charge in [-0.3, -0.25) is 4.79 Å². The van der Waals surface area contributed by atoms with E-state index in [2.05, 4.69) is 29.8 Å². The number of nitrogens with zero attached hydrogens (tertiary/aromatic N) is 3. The standard InChI is InChI=1S/C17H27N3O/c1-3-19(4-2)16-14-15(10-11-18-16)8-9-17(21)20-12-6-5-7-13-20/h10-11,14H,3-9,12-13H2,1-2H3. The normalized spacial score (nSPS) is 15.0. The Balaban J connectivity index is 1.90. The number of aryl methyl sites for hydroxylation is 1. The van der Waals surface area contributed by atoms with E-state index >= 15 is 0 Å². The summed E-state index contributed by atoms with van der Waals surface area (Å²) in [6.07, 6.45) is 6.86. The number of piperidine rings is 1. The highest BCUT2D eigenvalue weighted by molar-refractivity contribution is 5.76. The first-order valence-corrected chi connectivity index (χ1v) is 8.22. The van der Waals surface area contributed by atoms with E-state index in [0.717, 1.165) is 51.3 Å². The molecule has 0 N–H and O–H groups in total. The van der Waals surface area contributed by atoms with Crippen LogP contribution in [0.15, 0.2) is 18.3 Å². The first-order valence-electron chi connectivity index (χ1n) is 8.22. The van der Waals surface area contributed by atoms with Gasteiger partial charge in [-0.05, 0) is 57.2 Å². The van der Waals surface area contributed by atoms with Crippen LogP contribution in [-0.4, -0.2) is 42.0 Å². The third-order valence-electron chi connectivity index (χ3n) is 4.23. The molecule has 0 atom stereocenters. The van der Waals surface area contributed by atoms with Crippen molar-refractivity contribution in [3.63, 3.8) is 0 Å². The molecule has 21 heavy (non-hydrogen) atoms. The average Bonchev–Trinajstić information content (AvgIpc) is 2.55. The molecule has 2 heterocycles. The van der Waals surface area contributed by atoms with E-state index in [0.29, 0.717) is 12.3 Å². The number of hydrogen-bond acceptors (Lipinski definition) is 3. The molecule has 116 valence electrons. The smallest absolute Gasteiger partial charge is 0.222 e. The SMILES string of the molecule is CCN(CC)c1cc(CCC(=O)N2CCCCC2)ccn1. The number of amides is 1. The van der Waals surface area contributed by atoms with Gasteiger partial charge in [0.1, 0.15) is 5.82 Å². The molecule has 0 radical (unpaired) electrons. The Morgan fingerprint density at radius 2 is 1.95 bits per heavy atom. The maximum atomic E-state index is 12.2. The maximum absolute atomic E-state index is 12.2. The fourth-order valence-electron chi connectivity index (χ4n) is 2.89. The van der Waals surface area contributed by atoms with Crippen molar-refractivity contribution in [1.82, 2.24) is 9.88 Å². The van der Waals surface area contributed by atoms with Gasteiger partial charge in [-0.1, -0.05) is 0 Å². The molecule has 0 bridgehead atoms. The summed E-state index contributed by atoms with van der Waals surface area (Å²) in [5, 5.41) is 0. The first-order chi connectivity index (χ1) is 10.2. The second kappa shape index (κ2) is 8.01. The zero-order chi connectivity index (χ0) is 15.1. The molecular weight excluding hydrogens is 262 g/mol. The van der Waals surface area contributed by atoms with Gasteiger partial charge in [-0.25, -0.2) is 4.98 Å². The van der Waals surface area contributed by atoms with Crippen LogP contribution in [0.4, 0.5) is 5.82 Å². The molecule has 1 amide bonds. The fraction of sp³-hybridized carbons (Fsp3) is 0.647. The summed E-state index contributed by atoms with van der Waals surface area (Å²) in [5.74, 6) is 1.32. The Hall–Kier alpha value is -1.58. The maximum Gasteiger partial charge on any atom is 0.222 e. The second-order valence-electron chi connectivity index (χ2n) is 5.64. The topological polar surface area (TPSA) is 36.4 Å². The summed E-state index contributed by atoms with van der Waals surface area (Å²) in [4.78, 5) is 20.9. The molecule has 1 aromatic rings. The Morgan fingerprint density at radius 3 is 2.62 bits per heavy atom. The highest BCUT2D eigenvalue weighted by Crippen LogP contribution is 2.15. The lowest BCUT2D eigenvalue weighted by molar-refractivity contribution is -0.132. The van der Waals surface area contributed by atoms with Crippen molar-refractivity contribution < 1.29 is 4.79 Å². The lowest BCUT2D eigenvalue weighted by atomic mass is 10.1. The molecule has 2 rings (SSSR count). The van der Waals surface area contributed by atoms with Crippen molar-refractivity contribution in [2.75, 3.05) is 31.1 Å². The molecule has 4 heteroatoms. The highest BCUT2D eigenvalue weighted by Gasteiger charge is 2.16. The van der Waals surface area contributed by atoms with Crippen LogP contribution < -0.4 is 4.90 Å². The van der Waals surface area contributed by atoms with Gasteiger partial charge in [-0.2, -0.15) is 0 Å². The molecule has 1 aliphatic rings. The highest BCUT2D eigenvalue weighted by atomic mass is 16.2. The summed E-state index contributed by atoms with van der Waals surface area (Å²) < 4.78 is 0. The van der Waals surface area contributed by atoms with Crippen molar-refractivity contribution in [3.8, 4) is 0 Å². The Bertz CT molecular complexity index is 451. The Labute approximate surface area is 128 Å². The van der Waals surface area contributed by atoms with E-state index in [-0.39, 0.29) is 0 Å². The molecule has 0 spiro atoms. The van der Waals surface area contributed by atoms with Crippen LogP contribution in [0.5, 0.6) is 0 Å². The van der Waals surface area contributed by atoms with Gasteiger partial charge >= 0.3 is 0 Å². The molecule has 0 aromatic carbocycles. The molecule has 4 nitrogen and oxygen atoms in total. The molecular formula is C17H27N3O. The average molecular weight is 289 g/mol.